The van der Waals surface area contributed by atoms with E-state index in [0.29, 0.717) is 11.8 Å². The van der Waals surface area contributed by atoms with Gasteiger partial charge in [-0.15, -0.1) is 0 Å². The van der Waals surface area contributed by atoms with Gasteiger partial charge in [-0.1, -0.05) is 6.07 Å². The summed E-state index contributed by atoms with van der Waals surface area (Å²) in [4.78, 5) is 15.7. The van der Waals surface area contributed by atoms with Crippen molar-refractivity contribution >= 4 is 5.78 Å². The summed E-state index contributed by atoms with van der Waals surface area (Å²) in [5.41, 5.74) is 0.443. The van der Waals surface area contributed by atoms with Crippen molar-refractivity contribution in [2.45, 2.75) is 6.42 Å². The lowest BCUT2D eigenvalue weighted by Crippen LogP contribution is -2.07. The van der Waals surface area contributed by atoms with Crippen molar-refractivity contribution in [1.29, 1.82) is 0 Å². The summed E-state index contributed by atoms with van der Waals surface area (Å²) in [6.07, 6.45) is 1.56. The van der Waals surface area contributed by atoms with Crippen LogP contribution in [-0.4, -0.2) is 10.8 Å². The van der Waals surface area contributed by atoms with Crippen LogP contribution >= 0.6 is 0 Å². The topological polar surface area (TPSA) is 30.0 Å². The highest BCUT2D eigenvalue weighted by Crippen LogP contribution is 2.12. The third kappa shape index (κ3) is 2.72. The second-order valence-electron chi connectivity index (χ2n) is 3.55. The minimum Gasteiger partial charge on any atom is -0.294 e. The summed E-state index contributed by atoms with van der Waals surface area (Å²) in [6, 6.07) is 8.07. The fourth-order valence-electron chi connectivity index (χ4n) is 1.48. The number of nitrogens with zero attached hydrogens (tertiary/aromatic N) is 1. The number of carbonyl (C=O) groups excluding carboxylic acids is 1. The number of aromatic nitrogens is 1. The minimum absolute atomic E-state index is 0.00337. The minimum atomic E-state index is -0.842. The first-order valence-corrected chi connectivity index (χ1v) is 5.05. The average molecular weight is 233 g/mol. The molecule has 0 spiro atoms. The van der Waals surface area contributed by atoms with Crippen LogP contribution in [0.5, 0.6) is 0 Å². The first kappa shape index (κ1) is 11.4. The van der Waals surface area contributed by atoms with E-state index in [4.69, 9.17) is 0 Å². The van der Waals surface area contributed by atoms with Crippen LogP contribution in [0.2, 0.25) is 0 Å². The molecular weight excluding hydrogens is 224 g/mol. The number of hydrogen-bond donors (Lipinski definition) is 0. The maximum atomic E-state index is 13.3. The normalized spacial score (nSPS) is 10.2. The lowest BCUT2D eigenvalue weighted by atomic mass is 10.1. The fourth-order valence-corrected chi connectivity index (χ4v) is 1.48. The van der Waals surface area contributed by atoms with Gasteiger partial charge in [-0.2, -0.15) is 0 Å². The zero-order valence-electron chi connectivity index (χ0n) is 8.86. The van der Waals surface area contributed by atoms with E-state index >= 15 is 0 Å². The van der Waals surface area contributed by atoms with Crippen LogP contribution in [0.3, 0.4) is 0 Å². The average Bonchev–Trinajstić information content (AvgIpc) is 2.30. The van der Waals surface area contributed by atoms with E-state index in [1.165, 1.54) is 0 Å². The monoisotopic (exact) mass is 233 g/mol. The van der Waals surface area contributed by atoms with Crippen LogP contribution in [0.15, 0.2) is 42.6 Å². The third-order valence-electron chi connectivity index (χ3n) is 2.30. The SMILES string of the molecule is O=C(Cc1ccccn1)c1ccc(F)cc1F. The number of halogens is 2. The summed E-state index contributed by atoms with van der Waals surface area (Å²) in [7, 11) is 0. The molecule has 0 radical (unpaired) electrons. The van der Waals surface area contributed by atoms with Gasteiger partial charge >= 0.3 is 0 Å². The van der Waals surface area contributed by atoms with Crippen LogP contribution in [0.25, 0.3) is 0 Å². The second kappa shape index (κ2) is 4.82. The molecule has 0 N–H and O–H groups in total. The van der Waals surface area contributed by atoms with E-state index in [9.17, 15) is 13.6 Å². The van der Waals surface area contributed by atoms with Gasteiger partial charge in [0.2, 0.25) is 0 Å². The largest absolute Gasteiger partial charge is 0.294 e. The molecule has 86 valence electrons. The lowest BCUT2D eigenvalue weighted by molar-refractivity contribution is 0.0988. The molecule has 1 heterocycles. The highest BCUT2D eigenvalue weighted by molar-refractivity contribution is 5.97. The molecule has 0 aliphatic carbocycles. The molecular formula is C13H9F2NO. The van der Waals surface area contributed by atoms with Crippen molar-refractivity contribution in [2.24, 2.45) is 0 Å². The highest BCUT2D eigenvalue weighted by Gasteiger charge is 2.13. The molecule has 0 unspecified atom stereocenters. The number of rotatable bonds is 3. The zero-order chi connectivity index (χ0) is 12.3. The van der Waals surface area contributed by atoms with Crippen LogP contribution in [-0.2, 0) is 6.42 Å². The Morgan fingerprint density at radius 3 is 2.65 bits per heavy atom. The van der Waals surface area contributed by atoms with Gasteiger partial charge < -0.3 is 0 Å². The van der Waals surface area contributed by atoms with Gasteiger partial charge in [0.1, 0.15) is 11.6 Å². The van der Waals surface area contributed by atoms with Crippen molar-refractivity contribution in [1.82, 2.24) is 4.98 Å². The molecule has 1 aromatic heterocycles. The van der Waals surface area contributed by atoms with Crippen molar-refractivity contribution in [3.63, 3.8) is 0 Å². The van der Waals surface area contributed by atoms with Crippen LogP contribution in [0, 0.1) is 11.6 Å². The summed E-state index contributed by atoms with van der Waals surface area (Å²) in [6.45, 7) is 0. The van der Waals surface area contributed by atoms with E-state index in [2.05, 4.69) is 4.98 Å². The number of benzene rings is 1. The molecule has 0 aliphatic heterocycles. The van der Waals surface area contributed by atoms with Gasteiger partial charge in [0.25, 0.3) is 0 Å². The Kier molecular flexibility index (Phi) is 3.23. The molecule has 0 bridgehead atoms. The molecule has 0 saturated heterocycles. The second-order valence-corrected chi connectivity index (χ2v) is 3.55. The molecule has 0 saturated carbocycles. The lowest BCUT2D eigenvalue weighted by Gasteiger charge is -2.02. The van der Waals surface area contributed by atoms with E-state index in [1.807, 2.05) is 0 Å². The standard InChI is InChI=1S/C13H9F2NO/c14-9-4-5-11(12(15)7-9)13(17)8-10-3-1-2-6-16-10/h1-7H,8H2. The Hall–Kier alpha value is -2.10. The number of carbonyl (C=O) groups is 1. The summed E-state index contributed by atoms with van der Waals surface area (Å²) in [5.74, 6) is -1.95. The Morgan fingerprint density at radius 1 is 1.18 bits per heavy atom. The van der Waals surface area contributed by atoms with E-state index in [-0.39, 0.29) is 12.0 Å². The Balaban J connectivity index is 2.21. The Morgan fingerprint density at radius 2 is 2.00 bits per heavy atom. The predicted octanol–water partition coefficient (Wildman–Crippen LogP) is 2.79. The first-order valence-electron chi connectivity index (χ1n) is 5.05. The first-order chi connectivity index (χ1) is 8.16. The van der Waals surface area contributed by atoms with E-state index in [1.54, 1.807) is 24.4 Å². The molecule has 0 aliphatic rings. The van der Waals surface area contributed by atoms with E-state index in [0.717, 1.165) is 12.1 Å². The number of hydrogen-bond acceptors (Lipinski definition) is 2. The molecule has 2 rings (SSSR count). The van der Waals surface area contributed by atoms with E-state index < -0.39 is 17.4 Å². The third-order valence-corrected chi connectivity index (χ3v) is 2.30. The molecule has 17 heavy (non-hydrogen) atoms. The zero-order valence-corrected chi connectivity index (χ0v) is 8.86. The van der Waals surface area contributed by atoms with Gasteiger partial charge in [-0.05, 0) is 24.3 Å². The Bertz CT molecular complexity index is 540. The van der Waals surface area contributed by atoms with Crippen LogP contribution in [0.4, 0.5) is 8.78 Å². The van der Waals surface area contributed by atoms with Gasteiger partial charge in [-0.25, -0.2) is 8.78 Å². The molecule has 4 heteroatoms. The molecule has 0 fully saturated rings. The number of Topliss-reactive ketones (excluding diaryl/α,β-unsaturated/α-hetero) is 1. The van der Waals surface area contributed by atoms with Crippen LogP contribution < -0.4 is 0 Å². The summed E-state index contributed by atoms with van der Waals surface area (Å²) in [5, 5.41) is 0. The number of pyridine rings is 1. The van der Waals surface area contributed by atoms with Gasteiger partial charge in [0.05, 0.1) is 12.0 Å². The van der Waals surface area contributed by atoms with Crippen molar-refractivity contribution in [3.8, 4) is 0 Å². The van der Waals surface area contributed by atoms with Crippen molar-refractivity contribution in [3.05, 3.63) is 65.5 Å². The predicted molar refractivity (Wildman–Crippen MR) is 58.6 cm³/mol. The fraction of sp³-hybridized carbons (Fsp3) is 0.0769. The van der Waals surface area contributed by atoms with Crippen LogP contribution in [0.1, 0.15) is 16.1 Å². The molecule has 0 atom stereocenters. The van der Waals surface area contributed by atoms with Crippen molar-refractivity contribution < 1.29 is 13.6 Å². The highest BCUT2D eigenvalue weighted by atomic mass is 19.1. The molecule has 2 nitrogen and oxygen atoms in total. The van der Waals surface area contributed by atoms with Crippen molar-refractivity contribution in [2.75, 3.05) is 0 Å². The maximum Gasteiger partial charge on any atom is 0.171 e. The Labute approximate surface area is 96.9 Å². The summed E-state index contributed by atoms with van der Waals surface area (Å²) < 4.78 is 26.0. The van der Waals surface area contributed by atoms with Gasteiger partial charge in [0.15, 0.2) is 5.78 Å². The summed E-state index contributed by atoms with van der Waals surface area (Å²) >= 11 is 0. The molecule has 2 aromatic rings. The van der Waals surface area contributed by atoms with Gasteiger partial charge in [-0.3, -0.25) is 9.78 Å². The molecule has 0 amide bonds. The smallest absolute Gasteiger partial charge is 0.171 e. The maximum absolute atomic E-state index is 13.3. The molecule has 1 aromatic carbocycles. The van der Waals surface area contributed by atoms with Gasteiger partial charge in [0, 0.05) is 18.0 Å². The number of ketones is 1. The quantitative estimate of drug-likeness (QED) is 0.763.